The standard InChI is InChI=1S/C9H10FN/c10-9-6-11-5-7-3-1-2-4-8(7)9/h1-4,9,11H,5-6H2. The van der Waals surface area contributed by atoms with Crippen LogP contribution in [0.25, 0.3) is 0 Å². The lowest BCUT2D eigenvalue weighted by Crippen LogP contribution is -2.25. The zero-order valence-electron chi connectivity index (χ0n) is 6.18. The van der Waals surface area contributed by atoms with Crippen molar-refractivity contribution in [3.8, 4) is 0 Å². The zero-order valence-corrected chi connectivity index (χ0v) is 6.18. The lowest BCUT2D eigenvalue weighted by Gasteiger charge is -2.19. The molecule has 2 rings (SSSR count). The predicted molar refractivity (Wildman–Crippen MR) is 42.0 cm³/mol. The van der Waals surface area contributed by atoms with Gasteiger partial charge in [0.1, 0.15) is 6.17 Å². The van der Waals surface area contributed by atoms with Crippen LogP contribution in [0.5, 0.6) is 0 Å². The monoisotopic (exact) mass is 151 g/mol. The van der Waals surface area contributed by atoms with Gasteiger partial charge < -0.3 is 5.32 Å². The van der Waals surface area contributed by atoms with Gasteiger partial charge in [-0.15, -0.1) is 0 Å². The van der Waals surface area contributed by atoms with Crippen LogP contribution in [0.4, 0.5) is 4.39 Å². The maximum Gasteiger partial charge on any atom is 0.138 e. The zero-order chi connectivity index (χ0) is 7.68. The van der Waals surface area contributed by atoms with E-state index in [9.17, 15) is 4.39 Å². The van der Waals surface area contributed by atoms with E-state index in [-0.39, 0.29) is 0 Å². The SMILES string of the molecule is FC1CNCc2ccccc21. The third-order valence-electron chi connectivity index (χ3n) is 2.03. The minimum atomic E-state index is -0.819. The predicted octanol–water partition coefficient (Wildman–Crippen LogP) is 1.80. The van der Waals surface area contributed by atoms with Crippen LogP contribution in [0.1, 0.15) is 17.3 Å². The number of fused-ring (bicyclic) bond motifs is 1. The molecule has 1 N–H and O–H groups in total. The highest BCUT2D eigenvalue weighted by molar-refractivity contribution is 5.30. The van der Waals surface area contributed by atoms with E-state index in [2.05, 4.69) is 5.32 Å². The third-order valence-corrected chi connectivity index (χ3v) is 2.03. The van der Waals surface area contributed by atoms with Crippen LogP contribution < -0.4 is 5.32 Å². The first kappa shape index (κ1) is 6.80. The Morgan fingerprint density at radius 1 is 1.36 bits per heavy atom. The molecule has 1 aliphatic rings. The molecule has 1 atom stereocenters. The highest BCUT2D eigenvalue weighted by atomic mass is 19.1. The van der Waals surface area contributed by atoms with Crippen molar-refractivity contribution < 1.29 is 4.39 Å². The number of halogens is 1. The molecule has 1 aliphatic heterocycles. The second-order valence-corrected chi connectivity index (χ2v) is 2.80. The van der Waals surface area contributed by atoms with E-state index in [1.807, 2.05) is 24.3 Å². The van der Waals surface area contributed by atoms with Crippen LogP contribution >= 0.6 is 0 Å². The van der Waals surface area contributed by atoms with E-state index in [1.54, 1.807) is 0 Å². The minimum absolute atomic E-state index is 0.455. The Labute approximate surface area is 65.2 Å². The summed E-state index contributed by atoms with van der Waals surface area (Å²) in [5.74, 6) is 0. The Hall–Kier alpha value is -0.890. The first-order valence-corrected chi connectivity index (χ1v) is 3.80. The molecule has 1 unspecified atom stereocenters. The molecule has 0 aromatic heterocycles. The van der Waals surface area contributed by atoms with Gasteiger partial charge in [-0.3, -0.25) is 0 Å². The molecule has 0 saturated heterocycles. The number of alkyl halides is 1. The fourth-order valence-electron chi connectivity index (χ4n) is 1.44. The van der Waals surface area contributed by atoms with Gasteiger partial charge in [-0.2, -0.15) is 0 Å². The first-order valence-electron chi connectivity index (χ1n) is 3.80. The van der Waals surface area contributed by atoms with Gasteiger partial charge in [0.15, 0.2) is 0 Å². The Morgan fingerprint density at radius 3 is 3.00 bits per heavy atom. The molecule has 58 valence electrons. The molecule has 1 aromatic rings. The highest BCUT2D eigenvalue weighted by Crippen LogP contribution is 2.23. The fraction of sp³-hybridized carbons (Fsp3) is 0.333. The van der Waals surface area contributed by atoms with E-state index in [0.29, 0.717) is 6.54 Å². The molecule has 0 saturated carbocycles. The summed E-state index contributed by atoms with van der Waals surface area (Å²) in [7, 11) is 0. The van der Waals surface area contributed by atoms with Crippen LogP contribution in [-0.2, 0) is 6.54 Å². The summed E-state index contributed by atoms with van der Waals surface area (Å²) in [6, 6.07) is 7.66. The smallest absolute Gasteiger partial charge is 0.138 e. The van der Waals surface area contributed by atoms with Gasteiger partial charge in [0.05, 0.1) is 0 Å². The number of hydrogen-bond donors (Lipinski definition) is 1. The molecule has 1 heterocycles. The Bertz CT molecular complexity index is 259. The molecule has 0 spiro atoms. The molecule has 1 nitrogen and oxygen atoms in total. The van der Waals surface area contributed by atoms with Gasteiger partial charge in [-0.05, 0) is 11.1 Å². The van der Waals surface area contributed by atoms with Crippen molar-refractivity contribution in [2.75, 3.05) is 6.54 Å². The molecule has 0 fully saturated rings. The molecular weight excluding hydrogens is 141 g/mol. The summed E-state index contributed by atoms with van der Waals surface area (Å²) in [5.41, 5.74) is 1.94. The average molecular weight is 151 g/mol. The van der Waals surface area contributed by atoms with Gasteiger partial charge in [0.25, 0.3) is 0 Å². The fourth-order valence-corrected chi connectivity index (χ4v) is 1.44. The van der Waals surface area contributed by atoms with Crippen molar-refractivity contribution in [3.05, 3.63) is 35.4 Å². The van der Waals surface area contributed by atoms with Crippen molar-refractivity contribution in [1.29, 1.82) is 0 Å². The maximum absolute atomic E-state index is 13.1. The molecule has 11 heavy (non-hydrogen) atoms. The number of rotatable bonds is 0. The maximum atomic E-state index is 13.1. The van der Waals surface area contributed by atoms with Gasteiger partial charge in [-0.1, -0.05) is 24.3 Å². The summed E-state index contributed by atoms with van der Waals surface area (Å²) < 4.78 is 13.1. The van der Waals surface area contributed by atoms with Crippen molar-refractivity contribution in [1.82, 2.24) is 5.32 Å². The molecule has 0 bridgehead atoms. The van der Waals surface area contributed by atoms with E-state index in [4.69, 9.17) is 0 Å². The van der Waals surface area contributed by atoms with Crippen LogP contribution in [0.2, 0.25) is 0 Å². The van der Waals surface area contributed by atoms with Crippen LogP contribution in [0.15, 0.2) is 24.3 Å². The lowest BCUT2D eigenvalue weighted by atomic mass is 10.0. The molecule has 2 heteroatoms. The highest BCUT2D eigenvalue weighted by Gasteiger charge is 2.17. The Kier molecular flexibility index (Phi) is 1.62. The molecule has 1 aromatic carbocycles. The van der Waals surface area contributed by atoms with E-state index >= 15 is 0 Å². The normalized spacial score (nSPS) is 22.8. The van der Waals surface area contributed by atoms with Gasteiger partial charge in [0.2, 0.25) is 0 Å². The second kappa shape index (κ2) is 2.62. The Balaban J connectivity index is 2.44. The Morgan fingerprint density at radius 2 is 2.18 bits per heavy atom. The summed E-state index contributed by atoms with van der Waals surface area (Å²) in [6.07, 6.45) is -0.819. The van der Waals surface area contributed by atoms with Crippen LogP contribution in [-0.4, -0.2) is 6.54 Å². The number of benzene rings is 1. The summed E-state index contributed by atoms with van der Waals surface area (Å²) in [4.78, 5) is 0. The molecule has 0 aliphatic carbocycles. The van der Waals surface area contributed by atoms with Crippen LogP contribution in [0, 0.1) is 0 Å². The van der Waals surface area contributed by atoms with Crippen molar-refractivity contribution >= 4 is 0 Å². The van der Waals surface area contributed by atoms with E-state index in [0.717, 1.165) is 17.7 Å². The number of hydrogen-bond acceptors (Lipinski definition) is 1. The third kappa shape index (κ3) is 1.14. The second-order valence-electron chi connectivity index (χ2n) is 2.80. The van der Waals surface area contributed by atoms with Gasteiger partial charge in [-0.25, -0.2) is 4.39 Å². The van der Waals surface area contributed by atoms with Gasteiger partial charge >= 0.3 is 0 Å². The van der Waals surface area contributed by atoms with Crippen molar-refractivity contribution in [2.24, 2.45) is 0 Å². The first-order chi connectivity index (χ1) is 5.38. The number of nitrogens with one attached hydrogen (secondary N) is 1. The van der Waals surface area contributed by atoms with Crippen molar-refractivity contribution in [2.45, 2.75) is 12.7 Å². The quantitative estimate of drug-likeness (QED) is 0.596. The largest absolute Gasteiger partial charge is 0.309 e. The lowest BCUT2D eigenvalue weighted by molar-refractivity contribution is 0.310. The van der Waals surface area contributed by atoms with Crippen LogP contribution in [0.3, 0.4) is 0 Å². The van der Waals surface area contributed by atoms with Crippen molar-refractivity contribution in [3.63, 3.8) is 0 Å². The summed E-state index contributed by atoms with van der Waals surface area (Å²) in [6.45, 7) is 1.26. The van der Waals surface area contributed by atoms with E-state index < -0.39 is 6.17 Å². The summed E-state index contributed by atoms with van der Waals surface area (Å²) >= 11 is 0. The van der Waals surface area contributed by atoms with Gasteiger partial charge in [0, 0.05) is 13.1 Å². The molecular formula is C9H10FN. The summed E-state index contributed by atoms with van der Waals surface area (Å²) in [5, 5.41) is 3.02. The topological polar surface area (TPSA) is 12.0 Å². The molecule has 0 amide bonds. The molecule has 0 radical (unpaired) electrons. The average Bonchev–Trinajstić information content (AvgIpc) is 2.06. The minimum Gasteiger partial charge on any atom is -0.309 e. The van der Waals surface area contributed by atoms with E-state index in [1.165, 1.54) is 0 Å².